The lowest BCUT2D eigenvalue weighted by Crippen LogP contribution is -2.19. The first-order valence-corrected chi connectivity index (χ1v) is 5.45. The zero-order chi connectivity index (χ0) is 10.6. The van der Waals surface area contributed by atoms with Crippen LogP contribution in [0.15, 0.2) is 0 Å². The maximum atomic E-state index is 10.2. The molecule has 0 aliphatic heterocycles. The van der Waals surface area contributed by atoms with Crippen LogP contribution in [-0.2, 0) is 4.79 Å². The molecule has 3 nitrogen and oxygen atoms in total. The average Bonchev–Trinajstić information content (AvgIpc) is 2.66. The summed E-state index contributed by atoms with van der Waals surface area (Å²) in [5, 5.41) is 11.8. The predicted molar refractivity (Wildman–Crippen MR) is 56.2 cm³/mol. The molecule has 1 rings (SSSR count). The summed E-state index contributed by atoms with van der Waals surface area (Å²) in [5.74, 6) is 0.148. The van der Waals surface area contributed by atoms with Crippen LogP contribution in [0, 0.1) is 11.3 Å². The highest BCUT2D eigenvalue weighted by molar-refractivity contribution is 5.66. The van der Waals surface area contributed by atoms with Gasteiger partial charge >= 0.3 is 5.97 Å². The zero-order valence-corrected chi connectivity index (χ0v) is 9.18. The number of hydrogen-bond donors (Lipinski definition) is 2. The molecule has 1 unspecified atom stereocenters. The minimum absolute atomic E-state index is 0.302. The second-order valence-electron chi connectivity index (χ2n) is 4.94. The van der Waals surface area contributed by atoms with E-state index in [1.54, 1.807) is 0 Å². The van der Waals surface area contributed by atoms with Gasteiger partial charge in [0.05, 0.1) is 0 Å². The smallest absolute Gasteiger partial charge is 0.303 e. The van der Waals surface area contributed by atoms with Crippen LogP contribution in [0.2, 0.25) is 0 Å². The third-order valence-corrected chi connectivity index (χ3v) is 3.10. The fraction of sp³-hybridized carbons (Fsp3) is 0.909. The van der Waals surface area contributed by atoms with Gasteiger partial charge in [0.25, 0.3) is 0 Å². The van der Waals surface area contributed by atoms with E-state index in [4.69, 9.17) is 5.11 Å². The summed E-state index contributed by atoms with van der Waals surface area (Å²) < 4.78 is 0. The van der Waals surface area contributed by atoms with Crippen molar-refractivity contribution in [1.82, 2.24) is 5.32 Å². The Labute approximate surface area is 85.9 Å². The Balaban J connectivity index is 1.84. The maximum Gasteiger partial charge on any atom is 0.303 e. The lowest BCUT2D eigenvalue weighted by molar-refractivity contribution is -0.137. The molecule has 0 radical (unpaired) electrons. The number of aliphatic carboxylic acids is 1. The number of nitrogens with one attached hydrogen (secondary N) is 1. The molecule has 1 fully saturated rings. The first-order valence-electron chi connectivity index (χ1n) is 5.45. The van der Waals surface area contributed by atoms with E-state index in [0.717, 1.165) is 31.8 Å². The largest absolute Gasteiger partial charge is 0.481 e. The Bertz CT molecular complexity index is 201. The third kappa shape index (κ3) is 4.09. The molecule has 1 aliphatic rings. The van der Waals surface area contributed by atoms with Crippen LogP contribution >= 0.6 is 0 Å². The molecule has 0 aromatic rings. The molecule has 0 amide bonds. The van der Waals surface area contributed by atoms with Crippen molar-refractivity contribution in [3.05, 3.63) is 0 Å². The van der Waals surface area contributed by atoms with Crippen molar-refractivity contribution in [2.45, 2.75) is 39.5 Å². The molecular formula is C11H21NO2. The van der Waals surface area contributed by atoms with Crippen LogP contribution in [0.25, 0.3) is 0 Å². The predicted octanol–water partition coefficient (Wildman–Crippen LogP) is 1.88. The van der Waals surface area contributed by atoms with Gasteiger partial charge in [0.15, 0.2) is 0 Å². The van der Waals surface area contributed by atoms with E-state index in [-0.39, 0.29) is 0 Å². The monoisotopic (exact) mass is 199 g/mol. The number of unbranched alkanes of at least 4 members (excludes halogenated alkanes) is 1. The number of carboxylic acid groups (broad SMARTS) is 1. The van der Waals surface area contributed by atoms with E-state index in [9.17, 15) is 4.79 Å². The van der Waals surface area contributed by atoms with Crippen LogP contribution < -0.4 is 5.32 Å². The Morgan fingerprint density at radius 1 is 1.50 bits per heavy atom. The Kier molecular flexibility index (Phi) is 3.93. The van der Waals surface area contributed by atoms with Gasteiger partial charge in [-0.25, -0.2) is 0 Å². The van der Waals surface area contributed by atoms with Crippen molar-refractivity contribution >= 4 is 5.97 Å². The second-order valence-corrected chi connectivity index (χ2v) is 4.94. The molecule has 14 heavy (non-hydrogen) atoms. The van der Waals surface area contributed by atoms with Gasteiger partial charge in [0.2, 0.25) is 0 Å². The minimum atomic E-state index is -0.687. The lowest BCUT2D eigenvalue weighted by Gasteiger charge is -2.05. The standard InChI is InChI=1S/C11H21NO2/c1-11(2)7-9(11)8-12-6-4-3-5-10(13)14/h9,12H,3-8H2,1-2H3,(H,13,14). The highest BCUT2D eigenvalue weighted by atomic mass is 16.4. The van der Waals surface area contributed by atoms with Crippen molar-refractivity contribution < 1.29 is 9.90 Å². The molecule has 82 valence electrons. The van der Waals surface area contributed by atoms with E-state index in [1.807, 2.05) is 0 Å². The number of rotatable bonds is 7. The molecule has 1 aliphatic carbocycles. The summed E-state index contributed by atoms with van der Waals surface area (Å²) in [6, 6.07) is 0. The van der Waals surface area contributed by atoms with Crippen LogP contribution in [-0.4, -0.2) is 24.2 Å². The summed E-state index contributed by atoms with van der Waals surface area (Å²) in [6.07, 6.45) is 3.39. The second kappa shape index (κ2) is 4.78. The van der Waals surface area contributed by atoms with Crippen molar-refractivity contribution in [1.29, 1.82) is 0 Å². The molecule has 1 atom stereocenters. The Morgan fingerprint density at radius 3 is 2.64 bits per heavy atom. The van der Waals surface area contributed by atoms with Gasteiger partial charge in [-0.15, -0.1) is 0 Å². The highest BCUT2D eigenvalue weighted by Gasteiger charge is 2.44. The van der Waals surface area contributed by atoms with E-state index < -0.39 is 5.97 Å². The number of carbonyl (C=O) groups is 1. The molecule has 0 aromatic heterocycles. The van der Waals surface area contributed by atoms with Crippen LogP contribution in [0.3, 0.4) is 0 Å². The number of carboxylic acids is 1. The minimum Gasteiger partial charge on any atom is -0.481 e. The Morgan fingerprint density at radius 2 is 2.14 bits per heavy atom. The van der Waals surface area contributed by atoms with Gasteiger partial charge in [-0.3, -0.25) is 4.79 Å². The molecule has 0 heterocycles. The average molecular weight is 199 g/mol. The molecule has 3 heteroatoms. The zero-order valence-electron chi connectivity index (χ0n) is 9.18. The fourth-order valence-electron chi connectivity index (χ4n) is 1.73. The highest BCUT2D eigenvalue weighted by Crippen LogP contribution is 2.50. The van der Waals surface area contributed by atoms with E-state index in [0.29, 0.717) is 11.8 Å². The normalized spacial score (nSPS) is 23.4. The van der Waals surface area contributed by atoms with Crippen molar-refractivity contribution in [3.8, 4) is 0 Å². The maximum absolute atomic E-state index is 10.2. The van der Waals surface area contributed by atoms with E-state index in [2.05, 4.69) is 19.2 Å². The molecular weight excluding hydrogens is 178 g/mol. The molecule has 1 saturated carbocycles. The van der Waals surface area contributed by atoms with Gasteiger partial charge < -0.3 is 10.4 Å². The summed E-state index contributed by atoms with van der Waals surface area (Å²) in [5.41, 5.74) is 0.550. The molecule has 0 bridgehead atoms. The van der Waals surface area contributed by atoms with Crippen molar-refractivity contribution in [2.24, 2.45) is 11.3 Å². The molecule has 0 aromatic carbocycles. The quantitative estimate of drug-likeness (QED) is 0.615. The van der Waals surface area contributed by atoms with Gasteiger partial charge in [0.1, 0.15) is 0 Å². The van der Waals surface area contributed by atoms with Gasteiger partial charge in [-0.1, -0.05) is 13.8 Å². The molecule has 0 saturated heterocycles. The summed E-state index contributed by atoms with van der Waals surface area (Å²) in [6.45, 7) is 6.65. The first-order chi connectivity index (χ1) is 6.52. The molecule has 0 spiro atoms. The number of hydrogen-bond acceptors (Lipinski definition) is 2. The summed E-state index contributed by atoms with van der Waals surface area (Å²) in [4.78, 5) is 10.2. The SMILES string of the molecule is CC1(C)CC1CNCCCCC(=O)O. The fourth-order valence-corrected chi connectivity index (χ4v) is 1.73. The topological polar surface area (TPSA) is 49.3 Å². The van der Waals surface area contributed by atoms with E-state index in [1.165, 1.54) is 6.42 Å². The summed E-state index contributed by atoms with van der Waals surface area (Å²) in [7, 11) is 0. The van der Waals surface area contributed by atoms with Crippen LogP contribution in [0.1, 0.15) is 39.5 Å². The van der Waals surface area contributed by atoms with Crippen molar-refractivity contribution in [3.63, 3.8) is 0 Å². The Hall–Kier alpha value is -0.570. The lowest BCUT2D eigenvalue weighted by atomic mass is 10.1. The summed E-state index contributed by atoms with van der Waals surface area (Å²) >= 11 is 0. The van der Waals surface area contributed by atoms with Gasteiger partial charge in [0, 0.05) is 6.42 Å². The van der Waals surface area contributed by atoms with E-state index >= 15 is 0 Å². The van der Waals surface area contributed by atoms with Crippen LogP contribution in [0.4, 0.5) is 0 Å². The van der Waals surface area contributed by atoms with Crippen molar-refractivity contribution in [2.75, 3.05) is 13.1 Å². The third-order valence-electron chi connectivity index (χ3n) is 3.10. The van der Waals surface area contributed by atoms with Gasteiger partial charge in [-0.05, 0) is 43.7 Å². The first kappa shape index (κ1) is 11.5. The molecule has 2 N–H and O–H groups in total. The van der Waals surface area contributed by atoms with Gasteiger partial charge in [-0.2, -0.15) is 0 Å². The van der Waals surface area contributed by atoms with Crippen LogP contribution in [0.5, 0.6) is 0 Å².